The second-order valence-electron chi connectivity index (χ2n) is 8.91. The largest absolute Gasteiger partial charge is 0.361 e. The molecule has 188 valence electrons. The van der Waals surface area contributed by atoms with Crippen molar-refractivity contribution in [1.82, 2.24) is 29.5 Å². The molecule has 0 aliphatic rings. The Morgan fingerprint density at radius 2 is 1.92 bits per heavy atom. The highest BCUT2D eigenvalue weighted by Crippen LogP contribution is 2.24. The van der Waals surface area contributed by atoms with Crippen molar-refractivity contribution >= 4 is 21.8 Å². The Hall–Kier alpha value is -4.40. The molecule has 0 aliphatic heterocycles. The summed E-state index contributed by atoms with van der Waals surface area (Å²) in [5.41, 5.74) is 4.18. The summed E-state index contributed by atoms with van der Waals surface area (Å²) in [5, 5.41) is 10.7. The second-order valence-corrected chi connectivity index (χ2v) is 8.91. The van der Waals surface area contributed by atoms with Gasteiger partial charge in [-0.2, -0.15) is 14.9 Å². The molecule has 0 fully saturated rings. The van der Waals surface area contributed by atoms with Gasteiger partial charge >= 0.3 is 0 Å². The minimum Gasteiger partial charge on any atom is -0.361 e. The molecule has 0 amide bonds. The lowest BCUT2D eigenvalue weighted by Crippen LogP contribution is -2.21. The van der Waals surface area contributed by atoms with E-state index >= 15 is 0 Å². The van der Waals surface area contributed by atoms with E-state index in [9.17, 15) is 13.6 Å². The van der Waals surface area contributed by atoms with Gasteiger partial charge in [-0.25, -0.2) is 8.78 Å². The monoisotopic (exact) mass is 500 g/mol. The molecule has 0 saturated carbocycles. The number of hydrogen-bond acceptors (Lipinski definition) is 4. The highest BCUT2D eigenvalue weighted by atomic mass is 19.3. The first-order valence-corrected chi connectivity index (χ1v) is 12.0. The van der Waals surface area contributed by atoms with Gasteiger partial charge in [0, 0.05) is 48.7 Å². The van der Waals surface area contributed by atoms with Crippen molar-refractivity contribution in [1.29, 1.82) is 0 Å². The Balaban J connectivity index is 1.75. The van der Waals surface area contributed by atoms with E-state index in [-0.39, 0.29) is 12.0 Å². The summed E-state index contributed by atoms with van der Waals surface area (Å²) >= 11 is 0. The molecule has 0 aliphatic carbocycles. The summed E-state index contributed by atoms with van der Waals surface area (Å²) in [6, 6.07) is 16.6. The highest BCUT2D eigenvalue weighted by molar-refractivity contribution is 5.85. The molecule has 0 radical (unpaired) electrons. The van der Waals surface area contributed by atoms with Crippen molar-refractivity contribution < 1.29 is 8.78 Å². The first-order chi connectivity index (χ1) is 17.9. The van der Waals surface area contributed by atoms with Gasteiger partial charge in [-0.3, -0.25) is 14.5 Å². The van der Waals surface area contributed by atoms with E-state index in [1.807, 2.05) is 55.8 Å². The van der Waals surface area contributed by atoms with Crippen LogP contribution in [-0.2, 0) is 13.5 Å². The normalized spacial score (nSPS) is 11.4. The predicted octanol–water partition coefficient (Wildman–Crippen LogP) is 5.68. The van der Waals surface area contributed by atoms with E-state index in [4.69, 9.17) is 4.98 Å². The SMILES string of the molecule is Cc1nc(CCCC(F)F)cccnn(-c2ccc3nn(C)cc3c2)c(=O)c1-c1ccc2[nH]ccc2c1. The molecule has 5 rings (SSSR count). The molecular formula is C28H26F2N6O. The molecule has 5 aromatic rings. The summed E-state index contributed by atoms with van der Waals surface area (Å²) in [5.74, 6) is 0. The molecule has 3 heterocycles. The van der Waals surface area contributed by atoms with E-state index in [1.165, 1.54) is 10.9 Å². The van der Waals surface area contributed by atoms with Gasteiger partial charge in [-0.1, -0.05) is 6.07 Å². The summed E-state index contributed by atoms with van der Waals surface area (Å²) in [7, 11) is 1.84. The van der Waals surface area contributed by atoms with E-state index in [0.29, 0.717) is 41.0 Å². The van der Waals surface area contributed by atoms with Crippen molar-refractivity contribution in [3.8, 4) is 16.8 Å². The molecule has 0 atom stereocenters. The van der Waals surface area contributed by atoms with Crippen LogP contribution in [0, 0.1) is 6.92 Å². The Morgan fingerprint density at radius 3 is 2.76 bits per heavy atom. The maximum Gasteiger partial charge on any atom is 0.281 e. The Bertz CT molecular complexity index is 1700. The number of hydrogen-bond donors (Lipinski definition) is 1. The molecule has 0 bridgehead atoms. The molecule has 0 saturated heterocycles. The number of aryl methyl sites for hydroxylation is 3. The third kappa shape index (κ3) is 5.25. The number of nitrogens with one attached hydrogen (secondary N) is 1. The number of aromatic nitrogens is 6. The molecule has 1 N–H and O–H groups in total. The number of benzene rings is 2. The molecule has 37 heavy (non-hydrogen) atoms. The number of aromatic amines is 1. The van der Waals surface area contributed by atoms with Crippen LogP contribution in [0.5, 0.6) is 0 Å². The maximum atomic E-state index is 14.1. The van der Waals surface area contributed by atoms with Gasteiger partial charge in [-0.05, 0) is 79.2 Å². The van der Waals surface area contributed by atoms with Crippen molar-refractivity contribution in [2.75, 3.05) is 0 Å². The zero-order valence-corrected chi connectivity index (χ0v) is 20.5. The van der Waals surface area contributed by atoms with Crippen LogP contribution in [0.25, 0.3) is 38.6 Å². The van der Waals surface area contributed by atoms with Gasteiger partial charge < -0.3 is 4.98 Å². The van der Waals surface area contributed by atoms with Gasteiger partial charge in [0.15, 0.2) is 0 Å². The average molecular weight is 501 g/mol. The van der Waals surface area contributed by atoms with Crippen LogP contribution in [-0.4, -0.2) is 36.0 Å². The lowest BCUT2D eigenvalue weighted by molar-refractivity contribution is 0.135. The number of rotatable bonds is 6. The fraction of sp³-hybridized carbons (Fsp3) is 0.214. The first kappa shape index (κ1) is 24.3. The van der Waals surface area contributed by atoms with Crippen molar-refractivity contribution in [3.63, 3.8) is 0 Å². The van der Waals surface area contributed by atoms with Crippen LogP contribution < -0.4 is 5.56 Å². The third-order valence-electron chi connectivity index (χ3n) is 6.18. The maximum absolute atomic E-state index is 14.1. The van der Waals surface area contributed by atoms with E-state index in [2.05, 4.69) is 15.2 Å². The van der Waals surface area contributed by atoms with Crippen LogP contribution in [0.15, 0.2) is 78.0 Å². The number of fused-ring (bicyclic) bond motifs is 2. The Labute approximate surface area is 211 Å². The van der Waals surface area contributed by atoms with E-state index < -0.39 is 6.43 Å². The fourth-order valence-corrected chi connectivity index (χ4v) is 4.45. The predicted molar refractivity (Wildman–Crippen MR) is 141 cm³/mol. The molecule has 7 nitrogen and oxygen atoms in total. The van der Waals surface area contributed by atoms with Gasteiger partial charge in [0.1, 0.15) is 0 Å². The number of halogens is 2. The second kappa shape index (κ2) is 10.3. The van der Waals surface area contributed by atoms with Crippen molar-refractivity contribution in [2.24, 2.45) is 7.05 Å². The third-order valence-corrected chi connectivity index (χ3v) is 6.18. The van der Waals surface area contributed by atoms with Gasteiger partial charge in [0.25, 0.3) is 5.56 Å². The minimum absolute atomic E-state index is 0.204. The molecule has 9 heteroatoms. The van der Waals surface area contributed by atoms with Crippen LogP contribution in [0.2, 0.25) is 0 Å². The fourth-order valence-electron chi connectivity index (χ4n) is 4.45. The van der Waals surface area contributed by atoms with Crippen molar-refractivity contribution in [2.45, 2.75) is 32.6 Å². The summed E-state index contributed by atoms with van der Waals surface area (Å²) in [4.78, 5) is 22.0. The zero-order valence-electron chi connectivity index (χ0n) is 20.5. The van der Waals surface area contributed by atoms with Gasteiger partial charge in [0.05, 0.1) is 22.5 Å². The lowest BCUT2D eigenvalue weighted by Gasteiger charge is -2.08. The van der Waals surface area contributed by atoms with Crippen molar-refractivity contribution in [3.05, 3.63) is 94.9 Å². The molecular weight excluding hydrogens is 474 g/mol. The van der Waals surface area contributed by atoms with E-state index in [0.717, 1.165) is 21.8 Å². The highest BCUT2D eigenvalue weighted by Gasteiger charge is 2.13. The van der Waals surface area contributed by atoms with Gasteiger partial charge in [0.2, 0.25) is 6.43 Å². The lowest BCUT2D eigenvalue weighted by atomic mass is 10.0. The van der Waals surface area contributed by atoms with E-state index in [1.54, 1.807) is 29.8 Å². The summed E-state index contributed by atoms with van der Waals surface area (Å²) in [6.45, 7) is 1.77. The standard InChI is InChI=1S/C28H26F2N6O/c1-18-27(20-8-10-24-19(15-20)12-14-31-24)28(37)36(23-9-11-25-21(16-23)17-35(2)34-25)32-13-4-6-22(33-18)5-3-7-26(29)30/h4,6,8-17,26,31H,3,5,7H2,1-2H3. The Kier molecular flexibility index (Phi) is 6.76. The topological polar surface area (TPSA) is 81.4 Å². The summed E-state index contributed by atoms with van der Waals surface area (Å²) < 4.78 is 28.5. The van der Waals surface area contributed by atoms with Crippen LogP contribution >= 0.6 is 0 Å². The molecule has 0 unspecified atom stereocenters. The molecule has 2 aromatic carbocycles. The van der Waals surface area contributed by atoms with Crippen LogP contribution in [0.3, 0.4) is 0 Å². The van der Waals surface area contributed by atoms with Crippen LogP contribution in [0.1, 0.15) is 24.2 Å². The number of H-pyrrole nitrogens is 1. The zero-order chi connectivity index (χ0) is 25.9. The summed E-state index contributed by atoms with van der Waals surface area (Å²) in [6.07, 6.45) is 3.33. The smallest absolute Gasteiger partial charge is 0.281 e. The number of alkyl halides is 2. The number of nitrogens with zero attached hydrogens (tertiary/aromatic N) is 5. The Morgan fingerprint density at radius 1 is 1.05 bits per heavy atom. The molecule has 3 aromatic heterocycles. The minimum atomic E-state index is -2.36. The van der Waals surface area contributed by atoms with Gasteiger partial charge in [-0.15, -0.1) is 0 Å². The van der Waals surface area contributed by atoms with Crippen LogP contribution in [0.4, 0.5) is 8.78 Å². The first-order valence-electron chi connectivity index (χ1n) is 12.0. The molecule has 0 spiro atoms. The average Bonchev–Trinajstić information content (AvgIpc) is 3.47. The quantitative estimate of drug-likeness (QED) is 0.325.